The summed E-state index contributed by atoms with van der Waals surface area (Å²) in [6.07, 6.45) is 0.509. The zero-order chi connectivity index (χ0) is 23.0. The number of Topliss-reactive ketones (excluding diaryl/α,β-unsaturated/α-hetero) is 1. The molecule has 0 aromatic heterocycles. The number of hydrogen-bond acceptors (Lipinski definition) is 6. The summed E-state index contributed by atoms with van der Waals surface area (Å²) < 4.78 is 10.3. The van der Waals surface area contributed by atoms with Crippen LogP contribution in [0.25, 0.3) is 10.8 Å². The molecular weight excluding hydrogens is 406 g/mol. The maximum absolute atomic E-state index is 13.7. The molecule has 2 aromatic carbocycles. The molecule has 0 spiro atoms. The van der Waals surface area contributed by atoms with Crippen LogP contribution in [0.15, 0.2) is 65.0 Å². The van der Waals surface area contributed by atoms with Crippen LogP contribution in [0.1, 0.15) is 38.7 Å². The SMILES string of the molecule is CCOC(=O)C1=C(C)NC2=C(C(=O)[C@@H](C(=O)OC)[C@H](C)C2)[C@H]1c1cccc2ccccc12. The van der Waals surface area contributed by atoms with E-state index >= 15 is 0 Å². The Morgan fingerprint density at radius 3 is 2.56 bits per heavy atom. The zero-order valence-electron chi connectivity index (χ0n) is 18.7. The highest BCUT2D eigenvalue weighted by molar-refractivity contribution is 6.13. The van der Waals surface area contributed by atoms with Gasteiger partial charge in [-0.25, -0.2) is 4.79 Å². The van der Waals surface area contributed by atoms with Crippen LogP contribution in [0, 0.1) is 11.8 Å². The molecule has 1 heterocycles. The largest absolute Gasteiger partial charge is 0.468 e. The maximum Gasteiger partial charge on any atom is 0.336 e. The lowest BCUT2D eigenvalue weighted by molar-refractivity contribution is -0.151. The molecular formula is C26H27NO5. The zero-order valence-corrected chi connectivity index (χ0v) is 18.7. The lowest BCUT2D eigenvalue weighted by Gasteiger charge is -2.38. The molecule has 0 amide bonds. The van der Waals surface area contributed by atoms with E-state index in [9.17, 15) is 14.4 Å². The van der Waals surface area contributed by atoms with E-state index < -0.39 is 23.8 Å². The number of carbonyl (C=O) groups is 3. The molecule has 166 valence electrons. The average Bonchev–Trinajstić information content (AvgIpc) is 2.77. The first-order chi connectivity index (χ1) is 15.4. The lowest BCUT2D eigenvalue weighted by Crippen LogP contribution is -2.43. The summed E-state index contributed by atoms with van der Waals surface area (Å²) in [6, 6.07) is 13.7. The first-order valence-electron chi connectivity index (χ1n) is 10.9. The fourth-order valence-electron chi connectivity index (χ4n) is 4.97. The van der Waals surface area contributed by atoms with Crippen LogP contribution < -0.4 is 5.32 Å². The minimum absolute atomic E-state index is 0.216. The average molecular weight is 434 g/mol. The van der Waals surface area contributed by atoms with E-state index in [1.165, 1.54) is 7.11 Å². The Hall–Kier alpha value is -3.41. The number of esters is 2. The number of benzene rings is 2. The summed E-state index contributed by atoms with van der Waals surface area (Å²) in [5.74, 6) is -3.07. The number of nitrogens with one attached hydrogen (secondary N) is 1. The topological polar surface area (TPSA) is 81.7 Å². The van der Waals surface area contributed by atoms with E-state index in [1.54, 1.807) is 6.92 Å². The van der Waals surface area contributed by atoms with Gasteiger partial charge < -0.3 is 14.8 Å². The van der Waals surface area contributed by atoms with Gasteiger partial charge in [0.1, 0.15) is 5.92 Å². The van der Waals surface area contributed by atoms with E-state index in [2.05, 4.69) is 5.32 Å². The third-order valence-electron chi connectivity index (χ3n) is 6.37. The van der Waals surface area contributed by atoms with Gasteiger partial charge >= 0.3 is 11.9 Å². The van der Waals surface area contributed by atoms with Gasteiger partial charge in [0.15, 0.2) is 5.78 Å². The Morgan fingerprint density at radius 2 is 1.84 bits per heavy atom. The number of carbonyl (C=O) groups excluding carboxylic acids is 3. The fraction of sp³-hybridized carbons (Fsp3) is 0.346. The van der Waals surface area contributed by atoms with Gasteiger partial charge in [-0.15, -0.1) is 0 Å². The smallest absolute Gasteiger partial charge is 0.336 e. The maximum atomic E-state index is 13.7. The quantitative estimate of drug-likeness (QED) is 0.579. The van der Waals surface area contributed by atoms with Crippen molar-refractivity contribution in [3.63, 3.8) is 0 Å². The summed E-state index contributed by atoms with van der Waals surface area (Å²) in [5.41, 5.74) is 3.10. The van der Waals surface area contributed by atoms with Gasteiger partial charge in [0.25, 0.3) is 0 Å². The highest BCUT2D eigenvalue weighted by Crippen LogP contribution is 2.46. The standard InChI is InChI=1S/C26H27NO5/c1-5-32-26(30)21-15(3)27-19-13-14(2)20(25(29)31-4)24(28)23(19)22(21)18-12-8-10-16-9-6-7-11-17(16)18/h6-12,14,20,22,27H,5,13H2,1-4H3/t14-,20+,22+/m1/s1. The van der Waals surface area contributed by atoms with Crippen molar-refractivity contribution in [3.05, 3.63) is 70.6 Å². The van der Waals surface area contributed by atoms with Crippen molar-refractivity contribution in [3.8, 4) is 0 Å². The Labute approximate surface area is 187 Å². The summed E-state index contributed by atoms with van der Waals surface area (Å²) in [5, 5.41) is 5.23. The van der Waals surface area contributed by atoms with Crippen LogP contribution in [0.4, 0.5) is 0 Å². The second-order valence-corrected chi connectivity index (χ2v) is 8.32. The molecule has 6 nitrogen and oxygen atoms in total. The summed E-state index contributed by atoms with van der Waals surface area (Å²) in [4.78, 5) is 39.4. The molecule has 0 bridgehead atoms. The molecule has 0 radical (unpaired) electrons. The lowest BCUT2D eigenvalue weighted by atomic mass is 9.68. The molecule has 6 heteroatoms. The second kappa shape index (κ2) is 8.61. The van der Waals surface area contributed by atoms with E-state index in [0.29, 0.717) is 23.3 Å². The molecule has 0 unspecified atom stereocenters. The minimum Gasteiger partial charge on any atom is -0.468 e. The van der Waals surface area contributed by atoms with Crippen LogP contribution in [-0.4, -0.2) is 31.4 Å². The van der Waals surface area contributed by atoms with Crippen LogP contribution >= 0.6 is 0 Å². The monoisotopic (exact) mass is 433 g/mol. The van der Waals surface area contributed by atoms with Crippen molar-refractivity contribution >= 4 is 28.5 Å². The van der Waals surface area contributed by atoms with Crippen molar-refractivity contribution < 1.29 is 23.9 Å². The van der Waals surface area contributed by atoms with Crippen LogP contribution in [0.5, 0.6) is 0 Å². The highest BCUT2D eigenvalue weighted by atomic mass is 16.5. The molecule has 4 rings (SSSR count). The normalized spacial score (nSPS) is 23.0. The van der Waals surface area contributed by atoms with Gasteiger partial charge in [-0.1, -0.05) is 49.4 Å². The Balaban J connectivity index is 1.97. The number of methoxy groups -OCH3 is 1. The predicted molar refractivity (Wildman–Crippen MR) is 120 cm³/mol. The Bertz CT molecular complexity index is 1170. The van der Waals surface area contributed by atoms with Gasteiger partial charge in [0.2, 0.25) is 0 Å². The van der Waals surface area contributed by atoms with Crippen molar-refractivity contribution in [1.82, 2.24) is 5.32 Å². The predicted octanol–water partition coefficient (Wildman–Crippen LogP) is 4.02. The molecule has 1 N–H and O–H groups in total. The first-order valence-corrected chi connectivity index (χ1v) is 10.9. The van der Waals surface area contributed by atoms with Gasteiger partial charge in [0.05, 0.1) is 19.3 Å². The number of rotatable bonds is 4. The molecule has 0 saturated heterocycles. The van der Waals surface area contributed by atoms with Crippen molar-refractivity contribution in [1.29, 1.82) is 0 Å². The van der Waals surface area contributed by atoms with E-state index in [0.717, 1.165) is 22.0 Å². The van der Waals surface area contributed by atoms with Crippen molar-refractivity contribution in [2.75, 3.05) is 13.7 Å². The molecule has 32 heavy (non-hydrogen) atoms. The highest BCUT2D eigenvalue weighted by Gasteiger charge is 2.47. The number of ether oxygens (including phenoxy) is 2. The minimum atomic E-state index is -0.903. The second-order valence-electron chi connectivity index (χ2n) is 8.32. The van der Waals surface area contributed by atoms with E-state index in [1.807, 2.05) is 56.3 Å². The summed E-state index contributed by atoms with van der Waals surface area (Å²) >= 11 is 0. The van der Waals surface area contributed by atoms with E-state index in [-0.39, 0.29) is 18.3 Å². The van der Waals surface area contributed by atoms with Crippen molar-refractivity contribution in [2.24, 2.45) is 11.8 Å². The summed E-state index contributed by atoms with van der Waals surface area (Å²) in [6.45, 7) is 5.68. The number of dihydropyridines is 1. The fourth-order valence-corrected chi connectivity index (χ4v) is 4.97. The third kappa shape index (κ3) is 3.49. The molecule has 0 fully saturated rings. The molecule has 3 atom stereocenters. The first kappa shape index (κ1) is 21.8. The van der Waals surface area contributed by atoms with Crippen LogP contribution in [-0.2, 0) is 23.9 Å². The molecule has 2 aliphatic rings. The van der Waals surface area contributed by atoms with Gasteiger partial charge in [-0.2, -0.15) is 0 Å². The number of fused-ring (bicyclic) bond motifs is 1. The Morgan fingerprint density at radius 1 is 1.12 bits per heavy atom. The van der Waals surface area contributed by atoms with Crippen molar-refractivity contribution in [2.45, 2.75) is 33.1 Å². The van der Waals surface area contributed by atoms with Gasteiger partial charge in [-0.3, -0.25) is 9.59 Å². The number of hydrogen-bond donors (Lipinski definition) is 1. The molecule has 1 aliphatic heterocycles. The third-order valence-corrected chi connectivity index (χ3v) is 6.37. The van der Waals surface area contributed by atoms with Crippen LogP contribution in [0.2, 0.25) is 0 Å². The Kier molecular flexibility index (Phi) is 5.87. The van der Waals surface area contributed by atoms with Gasteiger partial charge in [-0.05, 0) is 42.5 Å². The summed E-state index contributed by atoms with van der Waals surface area (Å²) in [7, 11) is 1.29. The van der Waals surface area contributed by atoms with E-state index in [4.69, 9.17) is 9.47 Å². The van der Waals surface area contributed by atoms with Crippen LogP contribution in [0.3, 0.4) is 0 Å². The number of allylic oxidation sites excluding steroid dienone is 3. The molecule has 0 saturated carbocycles. The molecule has 1 aliphatic carbocycles. The number of ketones is 1. The van der Waals surface area contributed by atoms with Gasteiger partial charge in [0, 0.05) is 22.9 Å². The molecule has 2 aromatic rings.